The third kappa shape index (κ3) is 13.1. The van der Waals surface area contributed by atoms with Gasteiger partial charge >= 0.3 is 5.97 Å². The van der Waals surface area contributed by atoms with E-state index < -0.39 is 12.0 Å². The molecule has 0 heterocycles. The molecule has 0 saturated heterocycles. The molecule has 1 atom stereocenters. The standard InChI is InChI=1S/C25H41NO3/c1-2-3-4-5-6-7-8-9-10-11-12-13-14-18-21-23(25(28)29)26-24(27)22-19-16-15-17-20-22/h15-17,19-20,23H,2-14,18,21H2,1H3,(H,26,27)(H,28,29)/t23-/m0/s1. The van der Waals surface area contributed by atoms with Gasteiger partial charge in [-0.05, 0) is 18.6 Å². The quantitative estimate of drug-likeness (QED) is 0.267. The zero-order chi connectivity index (χ0) is 21.2. The predicted octanol–water partition coefficient (Wildman–Crippen LogP) is 6.74. The molecule has 0 aromatic heterocycles. The van der Waals surface area contributed by atoms with Crippen LogP contribution in [-0.2, 0) is 4.79 Å². The largest absolute Gasteiger partial charge is 0.480 e. The highest BCUT2D eigenvalue weighted by molar-refractivity contribution is 5.96. The van der Waals surface area contributed by atoms with E-state index in [0.29, 0.717) is 12.0 Å². The summed E-state index contributed by atoms with van der Waals surface area (Å²) in [5.41, 5.74) is 0.500. The fraction of sp³-hybridized carbons (Fsp3) is 0.680. The van der Waals surface area contributed by atoms with Gasteiger partial charge in [0.05, 0.1) is 0 Å². The lowest BCUT2D eigenvalue weighted by atomic mass is 10.0. The Hall–Kier alpha value is -1.84. The van der Waals surface area contributed by atoms with Crippen molar-refractivity contribution in [2.24, 2.45) is 0 Å². The lowest BCUT2D eigenvalue weighted by Crippen LogP contribution is -2.40. The number of nitrogens with one attached hydrogen (secondary N) is 1. The van der Waals surface area contributed by atoms with Crippen molar-refractivity contribution in [1.82, 2.24) is 5.32 Å². The van der Waals surface area contributed by atoms with E-state index in [0.717, 1.165) is 19.3 Å². The number of rotatable bonds is 18. The van der Waals surface area contributed by atoms with E-state index >= 15 is 0 Å². The van der Waals surface area contributed by atoms with Gasteiger partial charge in [-0.15, -0.1) is 0 Å². The van der Waals surface area contributed by atoms with Crippen molar-refractivity contribution in [2.45, 2.75) is 109 Å². The molecule has 0 fully saturated rings. The number of unbranched alkanes of at least 4 members (excludes halogenated alkanes) is 13. The maximum Gasteiger partial charge on any atom is 0.326 e. The number of carboxylic acids is 1. The first-order valence-electron chi connectivity index (χ1n) is 11.7. The zero-order valence-electron chi connectivity index (χ0n) is 18.3. The molecule has 1 rings (SSSR count). The second-order valence-electron chi connectivity index (χ2n) is 8.12. The lowest BCUT2D eigenvalue weighted by molar-refractivity contribution is -0.139. The van der Waals surface area contributed by atoms with Gasteiger partial charge in [0.2, 0.25) is 0 Å². The molecule has 1 aromatic carbocycles. The van der Waals surface area contributed by atoms with Gasteiger partial charge in [-0.2, -0.15) is 0 Å². The minimum Gasteiger partial charge on any atom is -0.480 e. The first-order chi connectivity index (χ1) is 14.1. The van der Waals surface area contributed by atoms with E-state index in [1.807, 2.05) is 6.07 Å². The second kappa shape index (κ2) is 17.1. The molecular formula is C25H41NO3. The molecule has 2 N–H and O–H groups in total. The van der Waals surface area contributed by atoms with Crippen LogP contribution in [0.25, 0.3) is 0 Å². The van der Waals surface area contributed by atoms with Gasteiger partial charge in [-0.25, -0.2) is 4.79 Å². The molecule has 1 amide bonds. The van der Waals surface area contributed by atoms with Crippen molar-refractivity contribution in [3.8, 4) is 0 Å². The molecule has 4 heteroatoms. The summed E-state index contributed by atoms with van der Waals surface area (Å²) in [6.45, 7) is 2.26. The summed E-state index contributed by atoms with van der Waals surface area (Å²) in [7, 11) is 0. The van der Waals surface area contributed by atoms with Crippen molar-refractivity contribution < 1.29 is 14.7 Å². The summed E-state index contributed by atoms with van der Waals surface area (Å²) in [5.74, 6) is -1.27. The number of aliphatic carboxylic acids is 1. The fourth-order valence-electron chi connectivity index (χ4n) is 3.63. The number of carbonyl (C=O) groups is 2. The summed E-state index contributed by atoms with van der Waals surface area (Å²) in [5, 5.41) is 12.0. The average molecular weight is 404 g/mol. The van der Waals surface area contributed by atoms with Crippen LogP contribution in [0.4, 0.5) is 0 Å². The van der Waals surface area contributed by atoms with Crippen molar-refractivity contribution >= 4 is 11.9 Å². The molecule has 0 aliphatic heterocycles. The Morgan fingerprint density at radius 2 is 1.21 bits per heavy atom. The Morgan fingerprint density at radius 3 is 1.66 bits per heavy atom. The van der Waals surface area contributed by atoms with Crippen LogP contribution >= 0.6 is 0 Å². The molecule has 29 heavy (non-hydrogen) atoms. The number of hydrogen-bond acceptors (Lipinski definition) is 2. The molecule has 1 aromatic rings. The highest BCUT2D eigenvalue weighted by Gasteiger charge is 2.19. The Morgan fingerprint density at radius 1 is 0.759 bits per heavy atom. The molecule has 0 unspecified atom stereocenters. The Balaban J connectivity index is 2.00. The smallest absolute Gasteiger partial charge is 0.326 e. The molecule has 0 saturated carbocycles. The summed E-state index contributed by atoms with van der Waals surface area (Å²) in [6, 6.07) is 7.97. The van der Waals surface area contributed by atoms with E-state index in [4.69, 9.17) is 0 Å². The van der Waals surface area contributed by atoms with E-state index in [2.05, 4.69) is 12.2 Å². The molecule has 164 valence electrons. The SMILES string of the molecule is CCCCCCCCCCCCCCCC[C@H](NC(=O)c1ccccc1)C(=O)O. The molecule has 4 nitrogen and oxygen atoms in total. The normalized spacial score (nSPS) is 11.9. The lowest BCUT2D eigenvalue weighted by Gasteiger charge is -2.14. The van der Waals surface area contributed by atoms with Crippen LogP contribution in [0, 0.1) is 0 Å². The van der Waals surface area contributed by atoms with Crippen LogP contribution in [0.15, 0.2) is 30.3 Å². The Bertz CT molecular complexity index is 544. The first-order valence-corrected chi connectivity index (χ1v) is 11.7. The van der Waals surface area contributed by atoms with Crippen LogP contribution in [0.5, 0.6) is 0 Å². The van der Waals surface area contributed by atoms with Crippen LogP contribution < -0.4 is 5.32 Å². The van der Waals surface area contributed by atoms with Gasteiger partial charge in [-0.3, -0.25) is 4.79 Å². The van der Waals surface area contributed by atoms with Gasteiger partial charge in [-0.1, -0.05) is 115 Å². The molecule has 0 aliphatic rings. The van der Waals surface area contributed by atoms with Gasteiger partial charge < -0.3 is 10.4 Å². The fourth-order valence-corrected chi connectivity index (χ4v) is 3.63. The maximum atomic E-state index is 12.1. The molecule has 0 bridgehead atoms. The van der Waals surface area contributed by atoms with Crippen LogP contribution in [0.2, 0.25) is 0 Å². The number of carbonyl (C=O) groups excluding carboxylic acids is 1. The highest BCUT2D eigenvalue weighted by Crippen LogP contribution is 2.14. The second-order valence-corrected chi connectivity index (χ2v) is 8.12. The first kappa shape index (κ1) is 25.2. The van der Waals surface area contributed by atoms with Gasteiger partial charge in [0.25, 0.3) is 5.91 Å². The third-order valence-electron chi connectivity index (χ3n) is 5.49. The monoisotopic (exact) mass is 403 g/mol. The summed E-state index contributed by atoms with van der Waals surface area (Å²) < 4.78 is 0. The van der Waals surface area contributed by atoms with Crippen molar-refractivity contribution in [1.29, 1.82) is 0 Å². The molecular weight excluding hydrogens is 362 g/mol. The van der Waals surface area contributed by atoms with Crippen molar-refractivity contribution in [3.63, 3.8) is 0 Å². The van der Waals surface area contributed by atoms with E-state index in [1.165, 1.54) is 70.6 Å². The van der Waals surface area contributed by atoms with Crippen molar-refractivity contribution in [3.05, 3.63) is 35.9 Å². The summed E-state index contributed by atoms with van der Waals surface area (Å²) >= 11 is 0. The van der Waals surface area contributed by atoms with Crippen LogP contribution in [0.1, 0.15) is 114 Å². The minimum absolute atomic E-state index is 0.316. The van der Waals surface area contributed by atoms with E-state index in [1.54, 1.807) is 24.3 Å². The summed E-state index contributed by atoms with van der Waals surface area (Å²) in [4.78, 5) is 23.5. The van der Waals surface area contributed by atoms with Crippen LogP contribution in [0.3, 0.4) is 0 Å². The van der Waals surface area contributed by atoms with Gasteiger partial charge in [0, 0.05) is 5.56 Å². The average Bonchev–Trinajstić information content (AvgIpc) is 2.73. The molecule has 0 radical (unpaired) electrons. The van der Waals surface area contributed by atoms with E-state index in [9.17, 15) is 14.7 Å². The molecule has 0 aliphatic carbocycles. The maximum absolute atomic E-state index is 12.1. The minimum atomic E-state index is -0.955. The van der Waals surface area contributed by atoms with Crippen LogP contribution in [-0.4, -0.2) is 23.0 Å². The number of hydrogen-bond donors (Lipinski definition) is 2. The molecule has 0 spiro atoms. The number of benzene rings is 1. The highest BCUT2D eigenvalue weighted by atomic mass is 16.4. The predicted molar refractivity (Wildman–Crippen MR) is 120 cm³/mol. The van der Waals surface area contributed by atoms with Gasteiger partial charge in [0.1, 0.15) is 6.04 Å². The number of amides is 1. The van der Waals surface area contributed by atoms with Gasteiger partial charge in [0.15, 0.2) is 0 Å². The van der Waals surface area contributed by atoms with E-state index in [-0.39, 0.29) is 5.91 Å². The summed E-state index contributed by atoms with van der Waals surface area (Å²) in [6.07, 6.45) is 18.3. The number of carboxylic acid groups (broad SMARTS) is 1. The van der Waals surface area contributed by atoms with Crippen molar-refractivity contribution in [2.75, 3.05) is 0 Å². The Labute approximate surface area is 177 Å². The topological polar surface area (TPSA) is 66.4 Å². The third-order valence-corrected chi connectivity index (χ3v) is 5.49. The Kier molecular flexibility index (Phi) is 14.8. The zero-order valence-corrected chi connectivity index (χ0v) is 18.3.